The molecule has 10 heteroatoms. The number of nitrogens with zero attached hydrogens (tertiary/aromatic N) is 6. The summed E-state index contributed by atoms with van der Waals surface area (Å²) in [6.45, 7) is 0. The highest BCUT2D eigenvalue weighted by Gasteiger charge is 2.17. The van der Waals surface area contributed by atoms with Gasteiger partial charge in [-0.25, -0.2) is 0 Å². The Labute approximate surface area is 321 Å². The zero-order valence-corrected chi connectivity index (χ0v) is 29.9. The van der Waals surface area contributed by atoms with Gasteiger partial charge in [-0.3, -0.25) is 0 Å². The van der Waals surface area contributed by atoms with Crippen LogP contribution in [0, 0.1) is 0 Å². The number of phenols is 2. The Balaban J connectivity index is 1.05. The van der Waals surface area contributed by atoms with Crippen molar-refractivity contribution >= 4 is 34.9 Å². The van der Waals surface area contributed by atoms with E-state index in [9.17, 15) is 10.2 Å². The van der Waals surface area contributed by atoms with E-state index in [0.29, 0.717) is 17.0 Å². The molecule has 2 heterocycles. The molecule has 266 valence electrons. The largest absolute Gasteiger partial charge is 0.508 e. The maximum Gasteiger partial charge on any atom is 0.328 e. The van der Waals surface area contributed by atoms with Gasteiger partial charge in [-0.15, -0.1) is 5.10 Å². The second-order valence-electron chi connectivity index (χ2n) is 12.4. The Hall–Kier alpha value is -7.36. The minimum Gasteiger partial charge on any atom is -0.508 e. The summed E-state index contributed by atoms with van der Waals surface area (Å²) in [5.41, 5.74) is 9.65. The van der Waals surface area contributed by atoms with E-state index in [4.69, 9.17) is 16.3 Å². The van der Waals surface area contributed by atoms with Gasteiger partial charge >= 0.3 is 6.01 Å². The number of ether oxygens (including phenoxy) is 1. The van der Waals surface area contributed by atoms with Gasteiger partial charge in [0.15, 0.2) is 0 Å². The van der Waals surface area contributed by atoms with E-state index in [2.05, 4.69) is 110 Å². The van der Waals surface area contributed by atoms with Crippen molar-refractivity contribution in [2.45, 2.75) is 0 Å². The molecular weight excluding hydrogens is 708 g/mol. The third kappa shape index (κ3) is 8.17. The van der Waals surface area contributed by atoms with Gasteiger partial charge in [0.05, 0.1) is 6.20 Å². The van der Waals surface area contributed by atoms with Crippen LogP contribution in [0.2, 0.25) is 5.28 Å². The van der Waals surface area contributed by atoms with Gasteiger partial charge in [0.2, 0.25) is 5.28 Å². The van der Waals surface area contributed by atoms with E-state index in [-0.39, 0.29) is 28.7 Å². The fourth-order valence-corrected chi connectivity index (χ4v) is 6.30. The summed E-state index contributed by atoms with van der Waals surface area (Å²) < 4.78 is 7.34. The molecule has 0 saturated heterocycles. The monoisotopic (exact) mass is 738 g/mol. The smallest absolute Gasteiger partial charge is 0.328 e. The normalized spacial score (nSPS) is 11.1. The Morgan fingerprint density at radius 3 is 1.65 bits per heavy atom. The highest BCUT2D eigenvalue weighted by molar-refractivity contribution is 6.28. The molecule has 0 radical (unpaired) electrons. The average molecular weight is 739 g/mol. The van der Waals surface area contributed by atoms with Crippen LogP contribution in [0.5, 0.6) is 23.3 Å². The molecule has 8 rings (SSSR count). The van der Waals surface area contributed by atoms with Gasteiger partial charge < -0.3 is 14.9 Å². The number of hydrogen-bond acceptors (Lipinski definition) is 8. The number of hydrogen-bond donors (Lipinski definition) is 2. The van der Waals surface area contributed by atoms with Crippen molar-refractivity contribution in [2.75, 3.05) is 0 Å². The van der Waals surface area contributed by atoms with Crippen molar-refractivity contribution in [3.05, 3.63) is 203 Å². The predicted molar refractivity (Wildman–Crippen MR) is 215 cm³/mol. The minimum atomic E-state index is -0.0665. The van der Waals surface area contributed by atoms with Crippen LogP contribution in [0.3, 0.4) is 0 Å². The number of rotatable bonds is 10. The number of benzene rings is 6. The van der Waals surface area contributed by atoms with Crippen LogP contribution in [0.25, 0.3) is 40.5 Å². The van der Waals surface area contributed by atoms with Gasteiger partial charge in [0.25, 0.3) is 5.95 Å². The summed E-state index contributed by atoms with van der Waals surface area (Å²) in [7, 11) is 0. The summed E-state index contributed by atoms with van der Waals surface area (Å²) in [6, 6.07) is 51.2. The molecule has 0 unspecified atom stereocenters. The van der Waals surface area contributed by atoms with Crippen molar-refractivity contribution in [1.29, 1.82) is 0 Å². The number of phenolic OH excluding ortho intramolecular Hbond substituents is 2. The SMILES string of the molecule is Oc1cc(O)cc(/C=C/c2ccc(Oc3nc(Cl)nc(-n4cc(-c5ccc(C(=C(c6ccccc6)c6ccccc6)c6ccccc6)cc5)nn4)n3)cc2)c1. The van der Waals surface area contributed by atoms with Crippen molar-refractivity contribution in [2.24, 2.45) is 0 Å². The first-order valence-corrected chi connectivity index (χ1v) is 17.7. The fraction of sp³-hybridized carbons (Fsp3) is 0. The lowest BCUT2D eigenvalue weighted by molar-refractivity contribution is 0.437. The van der Waals surface area contributed by atoms with Crippen LogP contribution in [0.15, 0.2) is 164 Å². The molecule has 6 aromatic carbocycles. The van der Waals surface area contributed by atoms with E-state index >= 15 is 0 Å². The number of aromatic nitrogens is 6. The summed E-state index contributed by atoms with van der Waals surface area (Å²) in [6.07, 6.45) is 5.35. The van der Waals surface area contributed by atoms with Gasteiger partial charge in [-0.05, 0) is 80.4 Å². The fourth-order valence-electron chi connectivity index (χ4n) is 6.16. The molecule has 55 heavy (non-hydrogen) atoms. The topological polar surface area (TPSA) is 119 Å². The lowest BCUT2D eigenvalue weighted by Crippen LogP contribution is -2.05. The first-order valence-electron chi connectivity index (χ1n) is 17.3. The first kappa shape index (κ1) is 34.7. The van der Waals surface area contributed by atoms with Gasteiger partial charge in [-0.2, -0.15) is 19.6 Å². The Morgan fingerprint density at radius 2 is 1.09 bits per heavy atom. The number of aromatic hydroxyl groups is 2. The quantitative estimate of drug-likeness (QED) is 0.133. The molecule has 0 fully saturated rings. The summed E-state index contributed by atoms with van der Waals surface area (Å²) >= 11 is 6.30. The summed E-state index contributed by atoms with van der Waals surface area (Å²) in [5, 5.41) is 28.1. The Kier molecular flexibility index (Phi) is 9.91. The second-order valence-corrected chi connectivity index (χ2v) is 12.8. The van der Waals surface area contributed by atoms with Crippen LogP contribution in [-0.4, -0.2) is 40.2 Å². The van der Waals surface area contributed by atoms with E-state index < -0.39 is 0 Å². The molecule has 2 N–H and O–H groups in total. The third-order valence-corrected chi connectivity index (χ3v) is 8.83. The Bertz CT molecular complexity index is 2570. The lowest BCUT2D eigenvalue weighted by Gasteiger charge is -2.18. The molecular formula is C45H31ClN6O3. The standard InChI is InChI=1S/C45H31ClN6O3/c46-43-47-44(49-45(48-43)55-39-24-18-30(19-25-39)16-17-31-26-37(53)28-38(54)27-31)52-29-40(50-51-52)32-20-22-36(23-21-32)42(35-14-8-3-9-15-35)41(33-10-4-1-5-11-33)34-12-6-2-7-13-34/h1-29,53-54H/b17-16+. The molecule has 2 aromatic heterocycles. The van der Waals surface area contributed by atoms with Crippen LogP contribution < -0.4 is 4.74 Å². The van der Waals surface area contributed by atoms with E-state index in [1.807, 2.05) is 48.5 Å². The molecule has 0 aliphatic rings. The highest BCUT2D eigenvalue weighted by Crippen LogP contribution is 2.37. The number of halogens is 1. The molecule has 0 aliphatic carbocycles. The Morgan fingerprint density at radius 1 is 0.564 bits per heavy atom. The van der Waals surface area contributed by atoms with Gasteiger partial charge in [0, 0.05) is 11.6 Å². The van der Waals surface area contributed by atoms with E-state index in [0.717, 1.165) is 44.5 Å². The second kappa shape index (κ2) is 15.7. The van der Waals surface area contributed by atoms with Gasteiger partial charge in [-0.1, -0.05) is 145 Å². The summed E-state index contributed by atoms with van der Waals surface area (Å²) in [4.78, 5) is 12.8. The van der Waals surface area contributed by atoms with E-state index in [1.165, 1.54) is 10.7 Å². The molecule has 0 bridgehead atoms. The van der Waals surface area contributed by atoms with Gasteiger partial charge in [0.1, 0.15) is 22.9 Å². The van der Waals surface area contributed by atoms with Crippen molar-refractivity contribution in [1.82, 2.24) is 29.9 Å². The van der Waals surface area contributed by atoms with E-state index in [1.54, 1.807) is 36.5 Å². The average Bonchev–Trinajstić information content (AvgIpc) is 3.71. The maximum absolute atomic E-state index is 9.72. The van der Waals surface area contributed by atoms with Crippen molar-refractivity contribution in [3.8, 4) is 40.5 Å². The van der Waals surface area contributed by atoms with Crippen molar-refractivity contribution < 1.29 is 14.9 Å². The lowest BCUT2D eigenvalue weighted by atomic mass is 9.85. The van der Waals surface area contributed by atoms with Crippen LogP contribution >= 0.6 is 11.6 Å². The molecule has 8 aromatic rings. The first-order chi connectivity index (χ1) is 26.9. The minimum absolute atomic E-state index is 0.0113. The zero-order valence-electron chi connectivity index (χ0n) is 29.1. The molecule has 0 atom stereocenters. The third-order valence-electron chi connectivity index (χ3n) is 8.66. The van der Waals surface area contributed by atoms with Crippen molar-refractivity contribution in [3.63, 3.8) is 0 Å². The molecule has 0 aliphatic heterocycles. The molecule has 0 amide bonds. The maximum atomic E-state index is 9.72. The van der Waals surface area contributed by atoms with Crippen LogP contribution in [0.1, 0.15) is 33.4 Å². The highest BCUT2D eigenvalue weighted by atomic mass is 35.5. The summed E-state index contributed by atoms with van der Waals surface area (Å²) in [5.74, 6) is 0.589. The van der Waals surface area contributed by atoms with Crippen LogP contribution in [0.4, 0.5) is 0 Å². The predicted octanol–water partition coefficient (Wildman–Crippen LogP) is 10.2. The van der Waals surface area contributed by atoms with Crippen LogP contribution in [-0.2, 0) is 0 Å². The molecule has 0 saturated carbocycles. The molecule has 0 spiro atoms. The molecule has 9 nitrogen and oxygen atoms in total. The zero-order chi connectivity index (χ0) is 37.6.